The highest BCUT2D eigenvalue weighted by Crippen LogP contribution is 2.15. The molecule has 0 unspecified atom stereocenters. The van der Waals surface area contributed by atoms with Crippen LogP contribution in [0.5, 0.6) is 0 Å². The molecule has 1 aromatic carbocycles. The van der Waals surface area contributed by atoms with Gasteiger partial charge in [0.15, 0.2) is 0 Å². The van der Waals surface area contributed by atoms with E-state index >= 15 is 0 Å². The van der Waals surface area contributed by atoms with Crippen molar-refractivity contribution >= 4 is 11.7 Å². The van der Waals surface area contributed by atoms with Gasteiger partial charge in [0, 0.05) is 25.8 Å². The molecule has 0 bridgehead atoms. The van der Waals surface area contributed by atoms with Gasteiger partial charge in [0.2, 0.25) is 0 Å². The second-order valence-corrected chi connectivity index (χ2v) is 5.51. The molecule has 0 fully saturated rings. The average Bonchev–Trinajstić information content (AvgIpc) is 2.61. The first kappa shape index (κ1) is 17.0. The Morgan fingerprint density at radius 2 is 1.91 bits per heavy atom. The van der Waals surface area contributed by atoms with Crippen LogP contribution in [0.25, 0.3) is 0 Å². The maximum Gasteiger partial charge on any atom is 0.252 e. The number of nitrogens with zero attached hydrogens (tertiary/aromatic N) is 2. The first-order valence-corrected chi connectivity index (χ1v) is 8.27. The Hall–Kier alpha value is -2.36. The monoisotopic (exact) mass is 311 g/mol. The van der Waals surface area contributed by atoms with Crippen molar-refractivity contribution in [2.45, 2.75) is 33.2 Å². The van der Waals surface area contributed by atoms with Crippen molar-refractivity contribution < 1.29 is 4.79 Å². The summed E-state index contributed by atoms with van der Waals surface area (Å²) in [7, 11) is 0. The molecule has 0 aliphatic carbocycles. The lowest BCUT2D eigenvalue weighted by Crippen LogP contribution is -2.25. The fourth-order valence-electron chi connectivity index (χ4n) is 2.35. The Kier molecular flexibility index (Phi) is 6.60. The van der Waals surface area contributed by atoms with Crippen molar-refractivity contribution in [3.8, 4) is 0 Å². The highest BCUT2D eigenvalue weighted by atomic mass is 16.1. The molecule has 23 heavy (non-hydrogen) atoms. The van der Waals surface area contributed by atoms with Crippen LogP contribution in [0.1, 0.15) is 42.6 Å². The molecular formula is C19H25N3O. The first-order valence-electron chi connectivity index (χ1n) is 8.27. The summed E-state index contributed by atoms with van der Waals surface area (Å²) in [6, 6.07) is 14.1. The molecule has 4 heteroatoms. The molecule has 1 heterocycles. The molecule has 0 aliphatic heterocycles. The van der Waals surface area contributed by atoms with Gasteiger partial charge in [-0.2, -0.15) is 0 Å². The number of unbranched alkanes of at least 4 members (excludes halogenated alkanes) is 1. The highest BCUT2D eigenvalue weighted by molar-refractivity contribution is 5.94. The standard InChI is InChI=1S/C19H25N3O/c1-3-5-13-20-19(23)17-11-12-18(21-14-17)22(4-2)15-16-9-7-6-8-10-16/h6-12,14H,3-5,13,15H2,1-2H3,(H,20,23). The Labute approximate surface area is 138 Å². The van der Waals surface area contributed by atoms with Gasteiger partial charge < -0.3 is 10.2 Å². The predicted octanol–water partition coefficient (Wildman–Crippen LogP) is 3.64. The molecule has 122 valence electrons. The van der Waals surface area contributed by atoms with Gasteiger partial charge in [-0.1, -0.05) is 43.7 Å². The van der Waals surface area contributed by atoms with Crippen LogP contribution < -0.4 is 10.2 Å². The van der Waals surface area contributed by atoms with Crippen LogP contribution in [0, 0.1) is 0 Å². The van der Waals surface area contributed by atoms with Gasteiger partial charge in [-0.05, 0) is 31.0 Å². The summed E-state index contributed by atoms with van der Waals surface area (Å²) >= 11 is 0. The topological polar surface area (TPSA) is 45.2 Å². The summed E-state index contributed by atoms with van der Waals surface area (Å²) in [6.07, 6.45) is 3.73. The third-order valence-electron chi connectivity index (χ3n) is 3.75. The second-order valence-electron chi connectivity index (χ2n) is 5.51. The molecule has 0 radical (unpaired) electrons. The van der Waals surface area contributed by atoms with Crippen LogP contribution in [0.4, 0.5) is 5.82 Å². The summed E-state index contributed by atoms with van der Waals surface area (Å²) < 4.78 is 0. The van der Waals surface area contributed by atoms with Crippen LogP contribution in [0.3, 0.4) is 0 Å². The van der Waals surface area contributed by atoms with Crippen molar-refractivity contribution in [1.82, 2.24) is 10.3 Å². The molecule has 1 aromatic heterocycles. The Bertz CT molecular complexity index is 596. The number of hydrogen-bond donors (Lipinski definition) is 1. The zero-order valence-corrected chi connectivity index (χ0v) is 14.0. The molecule has 0 spiro atoms. The minimum atomic E-state index is -0.0522. The van der Waals surface area contributed by atoms with Crippen molar-refractivity contribution in [3.05, 3.63) is 59.8 Å². The lowest BCUT2D eigenvalue weighted by molar-refractivity contribution is 0.0953. The number of nitrogens with one attached hydrogen (secondary N) is 1. The van der Waals surface area contributed by atoms with E-state index in [9.17, 15) is 4.79 Å². The van der Waals surface area contributed by atoms with Crippen LogP contribution >= 0.6 is 0 Å². The molecule has 1 N–H and O–H groups in total. The fraction of sp³-hybridized carbons (Fsp3) is 0.368. The minimum absolute atomic E-state index is 0.0522. The van der Waals surface area contributed by atoms with Gasteiger partial charge >= 0.3 is 0 Å². The molecule has 0 saturated heterocycles. The van der Waals surface area contributed by atoms with Crippen LogP contribution in [0.2, 0.25) is 0 Å². The normalized spacial score (nSPS) is 10.3. The van der Waals surface area contributed by atoms with Gasteiger partial charge in [-0.3, -0.25) is 4.79 Å². The maximum atomic E-state index is 12.0. The van der Waals surface area contributed by atoms with E-state index in [0.717, 1.165) is 31.7 Å². The van der Waals surface area contributed by atoms with Crippen LogP contribution in [0.15, 0.2) is 48.7 Å². The number of hydrogen-bond acceptors (Lipinski definition) is 3. The van der Waals surface area contributed by atoms with Crippen molar-refractivity contribution in [3.63, 3.8) is 0 Å². The van der Waals surface area contributed by atoms with Crippen molar-refractivity contribution in [2.75, 3.05) is 18.0 Å². The zero-order valence-electron chi connectivity index (χ0n) is 14.0. The molecule has 0 aliphatic rings. The summed E-state index contributed by atoms with van der Waals surface area (Å²) in [5, 5.41) is 2.91. The van der Waals surface area contributed by atoms with E-state index in [0.29, 0.717) is 12.1 Å². The Balaban J connectivity index is 2.00. The van der Waals surface area contributed by atoms with Crippen LogP contribution in [-0.2, 0) is 6.54 Å². The van der Waals surface area contributed by atoms with E-state index in [4.69, 9.17) is 0 Å². The summed E-state index contributed by atoms with van der Waals surface area (Å²) in [5.41, 5.74) is 1.86. The smallest absolute Gasteiger partial charge is 0.252 e. The average molecular weight is 311 g/mol. The third-order valence-corrected chi connectivity index (χ3v) is 3.75. The largest absolute Gasteiger partial charge is 0.353 e. The molecule has 1 amide bonds. The predicted molar refractivity (Wildman–Crippen MR) is 94.6 cm³/mol. The molecule has 0 saturated carbocycles. The highest BCUT2D eigenvalue weighted by Gasteiger charge is 2.09. The number of carbonyl (C=O) groups excluding carboxylic acids is 1. The number of rotatable bonds is 8. The number of anilines is 1. The zero-order chi connectivity index (χ0) is 16.5. The molecule has 2 aromatic rings. The number of amides is 1. The fourth-order valence-corrected chi connectivity index (χ4v) is 2.35. The first-order chi connectivity index (χ1) is 11.2. The van der Waals surface area contributed by atoms with E-state index in [2.05, 4.69) is 41.2 Å². The lowest BCUT2D eigenvalue weighted by Gasteiger charge is -2.22. The summed E-state index contributed by atoms with van der Waals surface area (Å²) in [4.78, 5) is 18.6. The van der Waals surface area contributed by atoms with Crippen molar-refractivity contribution in [1.29, 1.82) is 0 Å². The number of aromatic nitrogens is 1. The lowest BCUT2D eigenvalue weighted by atomic mass is 10.2. The number of benzene rings is 1. The van der Waals surface area contributed by atoms with E-state index in [-0.39, 0.29) is 5.91 Å². The third kappa shape index (κ3) is 5.09. The van der Waals surface area contributed by atoms with Crippen LogP contribution in [-0.4, -0.2) is 24.0 Å². The Morgan fingerprint density at radius 1 is 1.13 bits per heavy atom. The summed E-state index contributed by atoms with van der Waals surface area (Å²) in [6.45, 7) is 6.60. The minimum Gasteiger partial charge on any atom is -0.353 e. The van der Waals surface area contributed by atoms with E-state index < -0.39 is 0 Å². The maximum absolute atomic E-state index is 12.0. The number of pyridine rings is 1. The van der Waals surface area contributed by atoms with Gasteiger partial charge in [-0.25, -0.2) is 4.98 Å². The molecule has 2 rings (SSSR count). The van der Waals surface area contributed by atoms with Gasteiger partial charge in [0.1, 0.15) is 5.82 Å². The van der Waals surface area contributed by atoms with E-state index in [1.54, 1.807) is 6.20 Å². The van der Waals surface area contributed by atoms with E-state index in [1.165, 1.54) is 5.56 Å². The van der Waals surface area contributed by atoms with Gasteiger partial charge in [0.05, 0.1) is 5.56 Å². The molecular weight excluding hydrogens is 286 g/mol. The van der Waals surface area contributed by atoms with E-state index in [1.807, 2.05) is 30.3 Å². The second kappa shape index (κ2) is 8.93. The van der Waals surface area contributed by atoms with Gasteiger partial charge in [-0.15, -0.1) is 0 Å². The van der Waals surface area contributed by atoms with Crippen molar-refractivity contribution in [2.24, 2.45) is 0 Å². The molecule has 0 atom stereocenters. The SMILES string of the molecule is CCCCNC(=O)c1ccc(N(CC)Cc2ccccc2)nc1. The summed E-state index contributed by atoms with van der Waals surface area (Å²) in [5.74, 6) is 0.838. The molecule has 4 nitrogen and oxygen atoms in total. The quantitative estimate of drug-likeness (QED) is 0.757. The Morgan fingerprint density at radius 3 is 2.52 bits per heavy atom. The number of carbonyl (C=O) groups is 1. The van der Waals surface area contributed by atoms with Gasteiger partial charge in [0.25, 0.3) is 5.91 Å².